The highest BCUT2D eigenvalue weighted by Crippen LogP contribution is 2.30. The summed E-state index contributed by atoms with van der Waals surface area (Å²) >= 11 is 6.12. The maximum Gasteiger partial charge on any atom is 0.416 e. The van der Waals surface area contributed by atoms with Crippen molar-refractivity contribution in [3.05, 3.63) is 94.0 Å². The van der Waals surface area contributed by atoms with Gasteiger partial charge in [0.15, 0.2) is 0 Å². The summed E-state index contributed by atoms with van der Waals surface area (Å²) in [5.74, 6) is -0.249. The highest BCUT2D eigenvalue weighted by Gasteiger charge is 2.30. The number of amides is 1. The number of halogens is 4. The fraction of sp³-hybridized carbons (Fsp3) is 0.240. The molecule has 6 nitrogen and oxygen atoms in total. The van der Waals surface area contributed by atoms with Crippen LogP contribution in [0.25, 0.3) is 0 Å². The fourth-order valence-corrected chi connectivity index (χ4v) is 4.18. The first-order valence-electron chi connectivity index (χ1n) is 10.8. The Morgan fingerprint density at radius 2 is 1.72 bits per heavy atom. The third-order valence-corrected chi connectivity index (χ3v) is 5.97. The Kier molecular flexibility index (Phi) is 8.52. The molecule has 0 radical (unpaired) electrons. The third-order valence-electron chi connectivity index (χ3n) is 5.24. The fourth-order valence-electron chi connectivity index (χ4n) is 3.55. The standard InChI is InChI=1S/C25H24ClF3N2O4S/c1-30-23-11-8-20(26)15-22(23)24(32)31(13-12-17-4-3-5-19(14-17)25(27,28)29)16-18-6-9-21(10-7-18)35-36(2,33)34/h3-11,14-15,30H,12-13,16H2,1-2H3. The van der Waals surface area contributed by atoms with Crippen LogP contribution in [0.5, 0.6) is 5.75 Å². The molecule has 0 heterocycles. The minimum Gasteiger partial charge on any atom is -0.387 e. The van der Waals surface area contributed by atoms with Gasteiger partial charge in [0.1, 0.15) is 5.75 Å². The lowest BCUT2D eigenvalue weighted by Crippen LogP contribution is -2.33. The Balaban J connectivity index is 1.88. The molecule has 0 aliphatic heterocycles. The van der Waals surface area contributed by atoms with E-state index >= 15 is 0 Å². The average molecular weight is 541 g/mol. The van der Waals surface area contributed by atoms with E-state index < -0.39 is 21.9 Å². The number of nitrogens with zero attached hydrogens (tertiary/aromatic N) is 1. The van der Waals surface area contributed by atoms with Crippen LogP contribution in [-0.2, 0) is 29.3 Å². The van der Waals surface area contributed by atoms with E-state index in [2.05, 4.69) is 5.32 Å². The van der Waals surface area contributed by atoms with Crippen molar-refractivity contribution in [1.29, 1.82) is 0 Å². The first-order valence-corrected chi connectivity index (χ1v) is 13.0. The molecule has 3 aromatic carbocycles. The predicted octanol–water partition coefficient (Wildman–Crippen LogP) is 5.62. The maximum atomic E-state index is 13.5. The number of carbonyl (C=O) groups is 1. The van der Waals surface area contributed by atoms with Crippen LogP contribution in [-0.4, -0.2) is 39.1 Å². The van der Waals surface area contributed by atoms with Crippen molar-refractivity contribution < 1.29 is 30.6 Å². The molecule has 1 N–H and O–H groups in total. The lowest BCUT2D eigenvalue weighted by atomic mass is 10.1. The zero-order valence-corrected chi connectivity index (χ0v) is 21.0. The van der Waals surface area contributed by atoms with Crippen molar-refractivity contribution in [2.24, 2.45) is 0 Å². The van der Waals surface area contributed by atoms with Crippen molar-refractivity contribution in [2.45, 2.75) is 19.1 Å². The summed E-state index contributed by atoms with van der Waals surface area (Å²) in [4.78, 5) is 15.0. The lowest BCUT2D eigenvalue weighted by molar-refractivity contribution is -0.137. The molecule has 0 bridgehead atoms. The van der Waals surface area contributed by atoms with Crippen LogP contribution in [0.1, 0.15) is 27.0 Å². The van der Waals surface area contributed by atoms with E-state index in [1.807, 2.05) is 0 Å². The third kappa shape index (κ3) is 7.63. The van der Waals surface area contributed by atoms with Crippen molar-refractivity contribution in [1.82, 2.24) is 4.90 Å². The number of benzene rings is 3. The summed E-state index contributed by atoms with van der Waals surface area (Å²) in [6, 6.07) is 16.0. The van der Waals surface area contributed by atoms with Crippen LogP contribution < -0.4 is 9.50 Å². The Morgan fingerprint density at radius 3 is 2.33 bits per heavy atom. The lowest BCUT2D eigenvalue weighted by Gasteiger charge is -2.25. The van der Waals surface area contributed by atoms with Crippen molar-refractivity contribution >= 4 is 33.3 Å². The van der Waals surface area contributed by atoms with Gasteiger partial charge in [0.2, 0.25) is 0 Å². The van der Waals surface area contributed by atoms with Gasteiger partial charge in [0.25, 0.3) is 5.91 Å². The van der Waals surface area contributed by atoms with E-state index in [9.17, 15) is 26.4 Å². The van der Waals surface area contributed by atoms with E-state index in [1.54, 1.807) is 37.4 Å². The first kappa shape index (κ1) is 27.3. The SMILES string of the molecule is CNc1ccc(Cl)cc1C(=O)N(CCc1cccc(C(F)(F)F)c1)Cc1ccc(OS(C)(=O)=O)cc1. The molecule has 0 saturated carbocycles. The van der Waals surface area contributed by atoms with Gasteiger partial charge in [-0.2, -0.15) is 21.6 Å². The Hall–Kier alpha value is -3.24. The van der Waals surface area contributed by atoms with Gasteiger partial charge in [0, 0.05) is 30.8 Å². The minimum absolute atomic E-state index is 0.118. The van der Waals surface area contributed by atoms with Gasteiger partial charge in [-0.05, 0) is 53.9 Å². The Morgan fingerprint density at radius 1 is 1.03 bits per heavy atom. The first-order chi connectivity index (χ1) is 16.9. The van der Waals surface area contributed by atoms with Crippen molar-refractivity contribution in [2.75, 3.05) is 25.2 Å². The highest BCUT2D eigenvalue weighted by atomic mass is 35.5. The van der Waals surface area contributed by atoms with Gasteiger partial charge >= 0.3 is 16.3 Å². The number of nitrogens with one attached hydrogen (secondary N) is 1. The number of alkyl halides is 3. The molecule has 11 heteroatoms. The van der Waals surface area contributed by atoms with Gasteiger partial charge < -0.3 is 14.4 Å². The molecular formula is C25H24ClF3N2O4S. The summed E-state index contributed by atoms with van der Waals surface area (Å²) in [6.45, 7) is 0.240. The molecule has 36 heavy (non-hydrogen) atoms. The van der Waals surface area contributed by atoms with Crippen LogP contribution in [0.2, 0.25) is 5.02 Å². The van der Waals surface area contributed by atoms with Gasteiger partial charge in [-0.3, -0.25) is 4.79 Å². The molecule has 0 aromatic heterocycles. The molecule has 0 fully saturated rings. The summed E-state index contributed by atoms with van der Waals surface area (Å²) in [5.41, 5.74) is 1.20. The van der Waals surface area contributed by atoms with E-state index in [4.69, 9.17) is 15.8 Å². The van der Waals surface area contributed by atoms with Gasteiger partial charge in [-0.25, -0.2) is 0 Å². The van der Waals surface area contributed by atoms with Crippen molar-refractivity contribution in [3.8, 4) is 5.75 Å². The predicted molar refractivity (Wildman–Crippen MR) is 133 cm³/mol. The molecule has 0 unspecified atom stereocenters. The summed E-state index contributed by atoms with van der Waals surface area (Å²) in [5, 5.41) is 3.30. The number of rotatable bonds is 9. The van der Waals surface area contributed by atoms with Crippen LogP contribution >= 0.6 is 11.6 Å². The Bertz CT molecular complexity index is 1330. The molecular weight excluding hydrogens is 517 g/mol. The second kappa shape index (κ2) is 11.2. The summed E-state index contributed by atoms with van der Waals surface area (Å²) in [6.07, 6.45) is -3.36. The van der Waals surface area contributed by atoms with Gasteiger partial charge in [0.05, 0.1) is 17.4 Å². The quantitative estimate of drug-likeness (QED) is 0.356. The van der Waals surface area contributed by atoms with E-state index in [0.717, 1.165) is 18.4 Å². The maximum absolute atomic E-state index is 13.5. The van der Waals surface area contributed by atoms with Gasteiger partial charge in [-0.15, -0.1) is 0 Å². The normalized spacial score (nSPS) is 11.7. The van der Waals surface area contributed by atoms with Crippen LogP contribution in [0, 0.1) is 0 Å². The molecule has 3 rings (SSSR count). The summed E-state index contributed by atoms with van der Waals surface area (Å²) in [7, 11) is -2.03. The zero-order valence-electron chi connectivity index (χ0n) is 19.5. The largest absolute Gasteiger partial charge is 0.416 e. The van der Waals surface area contributed by atoms with Crippen LogP contribution in [0.15, 0.2) is 66.7 Å². The molecule has 0 saturated heterocycles. The molecule has 3 aromatic rings. The zero-order chi connectivity index (χ0) is 26.5. The van der Waals surface area contributed by atoms with E-state index in [-0.39, 0.29) is 31.2 Å². The summed E-state index contributed by atoms with van der Waals surface area (Å²) < 4.78 is 66.9. The average Bonchev–Trinajstić information content (AvgIpc) is 2.81. The monoisotopic (exact) mass is 540 g/mol. The highest BCUT2D eigenvalue weighted by molar-refractivity contribution is 7.86. The topological polar surface area (TPSA) is 75.7 Å². The molecule has 192 valence electrons. The number of hydrogen-bond acceptors (Lipinski definition) is 5. The second-order valence-electron chi connectivity index (χ2n) is 8.05. The van der Waals surface area contributed by atoms with E-state index in [0.29, 0.717) is 27.4 Å². The molecule has 0 spiro atoms. The number of carbonyl (C=O) groups excluding carboxylic acids is 1. The van der Waals surface area contributed by atoms with E-state index in [1.165, 1.54) is 29.2 Å². The van der Waals surface area contributed by atoms with Gasteiger partial charge in [-0.1, -0.05) is 41.9 Å². The number of hydrogen-bond donors (Lipinski definition) is 1. The molecule has 1 amide bonds. The smallest absolute Gasteiger partial charge is 0.387 e. The Labute approximate surface area is 212 Å². The van der Waals surface area contributed by atoms with Crippen LogP contribution in [0.3, 0.4) is 0 Å². The van der Waals surface area contributed by atoms with Crippen molar-refractivity contribution in [3.63, 3.8) is 0 Å². The van der Waals surface area contributed by atoms with Crippen LogP contribution in [0.4, 0.5) is 18.9 Å². The second-order valence-corrected chi connectivity index (χ2v) is 10.1. The minimum atomic E-state index is -4.47. The number of anilines is 1. The molecule has 0 atom stereocenters. The molecule has 0 aliphatic carbocycles. The molecule has 0 aliphatic rings.